The number of nitrogens with zero attached hydrogens (tertiary/aromatic N) is 4. The number of hydrogen-bond donors (Lipinski definition) is 1. The van der Waals surface area contributed by atoms with Crippen molar-refractivity contribution < 1.29 is 18.2 Å². The minimum absolute atomic E-state index is 0.0302. The largest absolute Gasteiger partial charge is 0.444 e. The van der Waals surface area contributed by atoms with Crippen LogP contribution in [0.3, 0.4) is 0 Å². The highest BCUT2D eigenvalue weighted by Gasteiger charge is 2.41. The molecule has 0 aromatic carbocycles. The monoisotopic (exact) mass is 451 g/mol. The predicted molar refractivity (Wildman–Crippen MR) is 119 cm³/mol. The first-order valence-corrected chi connectivity index (χ1v) is 11.4. The van der Waals surface area contributed by atoms with Crippen molar-refractivity contribution in [2.45, 2.75) is 57.6 Å². The van der Waals surface area contributed by atoms with E-state index in [0.29, 0.717) is 43.0 Å². The molecule has 8 nitrogen and oxygen atoms in total. The number of carbonyl (C=O) groups excluding carboxylic acids is 1. The van der Waals surface area contributed by atoms with Gasteiger partial charge in [0.1, 0.15) is 17.7 Å². The summed E-state index contributed by atoms with van der Waals surface area (Å²) >= 11 is 0.141. The van der Waals surface area contributed by atoms with Crippen LogP contribution in [0.2, 0.25) is 0 Å². The molecule has 1 saturated heterocycles. The van der Waals surface area contributed by atoms with Crippen molar-refractivity contribution in [1.29, 1.82) is 0 Å². The van der Waals surface area contributed by atoms with Crippen LogP contribution in [0.25, 0.3) is 11.0 Å². The van der Waals surface area contributed by atoms with Crippen LogP contribution >= 0.6 is 12.3 Å². The molecule has 1 amide bonds. The molecule has 2 aromatic heterocycles. The van der Waals surface area contributed by atoms with Crippen molar-refractivity contribution in [3.8, 4) is 0 Å². The molecular formula is C21H30FN5O3S. The van der Waals surface area contributed by atoms with E-state index in [4.69, 9.17) is 9.47 Å². The molecule has 4 rings (SSSR count). The minimum Gasteiger partial charge on any atom is -0.444 e. The van der Waals surface area contributed by atoms with Crippen LogP contribution in [-0.4, -0.2) is 63.4 Å². The van der Waals surface area contributed by atoms with Crippen molar-refractivity contribution in [1.82, 2.24) is 18.8 Å². The summed E-state index contributed by atoms with van der Waals surface area (Å²) in [7, 11) is 1.70. The van der Waals surface area contributed by atoms with Crippen LogP contribution in [0.5, 0.6) is 0 Å². The molecule has 2 fully saturated rings. The zero-order chi connectivity index (χ0) is 22.2. The summed E-state index contributed by atoms with van der Waals surface area (Å²) in [5, 5.41) is 4.35. The Bertz CT molecular complexity index is 947. The minimum atomic E-state index is -0.527. The number of aromatic nitrogens is 3. The zero-order valence-corrected chi connectivity index (χ0v) is 19.2. The van der Waals surface area contributed by atoms with Crippen molar-refractivity contribution in [2.24, 2.45) is 5.92 Å². The average molecular weight is 452 g/mol. The zero-order valence-electron chi connectivity index (χ0n) is 18.4. The summed E-state index contributed by atoms with van der Waals surface area (Å²) in [6, 6.07) is 0.0302. The maximum atomic E-state index is 13.6. The topological polar surface area (TPSA) is 81.5 Å². The van der Waals surface area contributed by atoms with Crippen LogP contribution in [0.1, 0.15) is 51.5 Å². The fourth-order valence-corrected chi connectivity index (χ4v) is 4.67. The molecule has 170 valence electrons. The van der Waals surface area contributed by atoms with E-state index in [1.807, 2.05) is 27.0 Å². The number of carbonyl (C=O) groups is 1. The van der Waals surface area contributed by atoms with E-state index >= 15 is 0 Å². The smallest absolute Gasteiger partial charge is 0.410 e. The molecule has 3 atom stereocenters. The average Bonchev–Trinajstić information content (AvgIpc) is 3.37. The summed E-state index contributed by atoms with van der Waals surface area (Å²) < 4.78 is 25.9. The highest BCUT2D eigenvalue weighted by Crippen LogP contribution is 2.51. The van der Waals surface area contributed by atoms with Gasteiger partial charge < -0.3 is 19.7 Å². The summed E-state index contributed by atoms with van der Waals surface area (Å²) in [6.07, 6.45) is 5.77. The van der Waals surface area contributed by atoms with E-state index in [-0.39, 0.29) is 24.5 Å². The van der Waals surface area contributed by atoms with Crippen LogP contribution in [0.15, 0.2) is 12.5 Å². The van der Waals surface area contributed by atoms with Crippen molar-refractivity contribution in [3.05, 3.63) is 18.1 Å². The molecule has 0 spiro atoms. The lowest BCUT2D eigenvalue weighted by Gasteiger charge is -2.34. The maximum absolute atomic E-state index is 13.6. The maximum Gasteiger partial charge on any atom is 0.410 e. The first-order valence-electron chi connectivity index (χ1n) is 10.7. The number of rotatable bonds is 6. The van der Waals surface area contributed by atoms with Gasteiger partial charge in [-0.25, -0.2) is 18.7 Å². The Hall–Kier alpha value is -2.07. The Morgan fingerprint density at radius 2 is 2.19 bits per heavy atom. The van der Waals surface area contributed by atoms with Gasteiger partial charge in [-0.05, 0) is 57.4 Å². The normalized spacial score (nSPS) is 23.8. The van der Waals surface area contributed by atoms with E-state index in [1.165, 1.54) is 10.3 Å². The van der Waals surface area contributed by atoms with Crippen molar-refractivity contribution in [2.75, 3.05) is 32.1 Å². The van der Waals surface area contributed by atoms with Gasteiger partial charge in [-0.2, -0.15) is 0 Å². The summed E-state index contributed by atoms with van der Waals surface area (Å²) in [4.78, 5) is 23.1. The quantitative estimate of drug-likeness (QED) is 0.698. The molecule has 2 aromatic rings. The van der Waals surface area contributed by atoms with Crippen LogP contribution < -0.4 is 5.32 Å². The third-order valence-electron chi connectivity index (χ3n) is 5.77. The Morgan fingerprint density at radius 3 is 2.90 bits per heavy atom. The molecule has 1 N–H and O–H groups in total. The van der Waals surface area contributed by atoms with Gasteiger partial charge in [-0.3, -0.25) is 0 Å². The first kappa shape index (κ1) is 22.1. The molecular weight excluding hydrogens is 421 g/mol. The second-order valence-corrected chi connectivity index (χ2v) is 9.90. The van der Waals surface area contributed by atoms with Gasteiger partial charge >= 0.3 is 6.09 Å². The number of amides is 1. The van der Waals surface area contributed by atoms with E-state index < -0.39 is 5.60 Å². The highest BCUT2D eigenvalue weighted by atomic mass is 32.2. The number of methoxy groups -OCH3 is 1. The summed E-state index contributed by atoms with van der Waals surface area (Å²) in [5.74, 6) is 1.43. The number of fused-ring (bicyclic) bond motifs is 1. The van der Waals surface area contributed by atoms with E-state index in [2.05, 4.69) is 15.3 Å². The SMILES string of the molecule is COCC1CC1c1cn(SF)c2ncnc(NC3CCCN(C(=O)OC(C)(C)C)C3)c12. The molecule has 1 aliphatic heterocycles. The van der Waals surface area contributed by atoms with Crippen LogP contribution in [-0.2, 0) is 9.47 Å². The molecule has 31 heavy (non-hydrogen) atoms. The predicted octanol–water partition coefficient (Wildman–Crippen LogP) is 4.37. The van der Waals surface area contributed by atoms with Gasteiger partial charge in [0.15, 0.2) is 18.0 Å². The van der Waals surface area contributed by atoms with Gasteiger partial charge in [-0.15, -0.1) is 3.89 Å². The molecule has 3 unspecified atom stereocenters. The first-order chi connectivity index (χ1) is 14.8. The molecule has 2 aliphatic rings. The molecule has 3 heterocycles. The number of ether oxygens (including phenoxy) is 2. The lowest BCUT2D eigenvalue weighted by atomic mass is 10.1. The fraction of sp³-hybridized carbons (Fsp3) is 0.667. The van der Waals surface area contributed by atoms with E-state index in [1.54, 1.807) is 12.0 Å². The van der Waals surface area contributed by atoms with Crippen molar-refractivity contribution >= 4 is 35.3 Å². The number of halogens is 1. The number of anilines is 1. The van der Waals surface area contributed by atoms with Gasteiger partial charge in [0.25, 0.3) is 0 Å². The highest BCUT2D eigenvalue weighted by molar-refractivity contribution is 7.92. The van der Waals surface area contributed by atoms with Crippen LogP contribution in [0, 0.1) is 5.92 Å². The van der Waals surface area contributed by atoms with Gasteiger partial charge in [-0.1, -0.05) is 0 Å². The number of piperidine rings is 1. The molecule has 0 radical (unpaired) electrons. The van der Waals surface area contributed by atoms with Crippen LogP contribution in [0.4, 0.5) is 14.5 Å². The Kier molecular flexibility index (Phi) is 6.30. The summed E-state index contributed by atoms with van der Waals surface area (Å²) in [5.41, 5.74) is 1.08. The molecule has 1 aliphatic carbocycles. The molecule has 0 bridgehead atoms. The third kappa shape index (κ3) is 4.90. The van der Waals surface area contributed by atoms with Gasteiger partial charge in [0.2, 0.25) is 0 Å². The number of hydrogen-bond acceptors (Lipinski definition) is 7. The van der Waals surface area contributed by atoms with E-state index in [9.17, 15) is 8.68 Å². The second-order valence-electron chi connectivity index (χ2n) is 9.37. The summed E-state index contributed by atoms with van der Waals surface area (Å²) in [6.45, 7) is 7.49. The second kappa shape index (κ2) is 8.82. The number of nitrogens with one attached hydrogen (secondary N) is 1. The number of likely N-dealkylation sites (tertiary alicyclic amines) is 1. The lowest BCUT2D eigenvalue weighted by molar-refractivity contribution is 0.0206. The Labute approximate surface area is 186 Å². The van der Waals surface area contributed by atoms with Gasteiger partial charge in [0, 0.05) is 39.0 Å². The third-order valence-corrected chi connectivity index (χ3v) is 6.20. The van der Waals surface area contributed by atoms with Crippen molar-refractivity contribution in [3.63, 3.8) is 0 Å². The molecule has 1 saturated carbocycles. The lowest BCUT2D eigenvalue weighted by Crippen LogP contribution is -2.47. The molecule has 10 heteroatoms. The Balaban J connectivity index is 1.56. The van der Waals surface area contributed by atoms with E-state index in [0.717, 1.165) is 30.2 Å². The standard InChI is InChI=1S/C21H30FN5O3S/c1-21(2,3)30-20(28)26-7-5-6-14(9-26)25-18-17-16(15-8-13(15)11-29-4)10-27(31-22)19(17)24-12-23-18/h10,12-15H,5-9,11H2,1-4H3,(H,23,24,25). The van der Waals surface area contributed by atoms with Gasteiger partial charge in [0.05, 0.1) is 5.39 Å². The fourth-order valence-electron chi connectivity index (χ4n) is 4.31. The Morgan fingerprint density at radius 1 is 1.39 bits per heavy atom.